The third-order valence-corrected chi connectivity index (χ3v) is 1.94. The number of hydrogen-bond acceptors (Lipinski definition) is 2. The summed E-state index contributed by atoms with van der Waals surface area (Å²) in [5, 5.41) is 2.72. The fraction of sp³-hybridized carbons (Fsp3) is 0.833. The van der Waals surface area contributed by atoms with E-state index in [0.29, 0.717) is 6.54 Å². The van der Waals surface area contributed by atoms with Crippen molar-refractivity contribution < 1.29 is 9.59 Å². The summed E-state index contributed by atoms with van der Waals surface area (Å²) in [5.74, 6) is 0.00893. The summed E-state index contributed by atoms with van der Waals surface area (Å²) in [4.78, 5) is 21.0. The normalized spacial score (nSPS) is 9.93. The summed E-state index contributed by atoms with van der Waals surface area (Å²) in [6.07, 6.45) is 3.80. The molecule has 1 N–H and O–H groups in total. The van der Waals surface area contributed by atoms with Crippen molar-refractivity contribution in [2.24, 2.45) is 5.41 Å². The maximum atomic E-state index is 10.5. The first kappa shape index (κ1) is 16.6. The molecule has 0 saturated carbocycles. The van der Waals surface area contributed by atoms with Crippen LogP contribution in [0.3, 0.4) is 0 Å². The summed E-state index contributed by atoms with van der Waals surface area (Å²) in [7, 11) is 0. The van der Waals surface area contributed by atoms with E-state index >= 15 is 0 Å². The minimum atomic E-state index is -0.212. The van der Waals surface area contributed by atoms with Crippen molar-refractivity contribution in [3.63, 3.8) is 0 Å². The van der Waals surface area contributed by atoms with Gasteiger partial charge in [0.1, 0.15) is 6.29 Å². The van der Waals surface area contributed by atoms with Gasteiger partial charge in [0.05, 0.1) is 0 Å². The molecule has 0 aliphatic heterocycles. The average molecular weight is 215 g/mol. The number of amides is 1. The SMILES string of the molecule is CC.CC(=O)NCCCCC(C)(C)C=O. The lowest BCUT2D eigenvalue weighted by molar-refractivity contribution is -0.119. The number of carbonyl (C=O) groups excluding carboxylic acids is 2. The minimum absolute atomic E-state index is 0.00893. The van der Waals surface area contributed by atoms with Gasteiger partial charge in [-0.3, -0.25) is 4.79 Å². The Balaban J connectivity index is 0. The molecule has 0 saturated heterocycles. The Morgan fingerprint density at radius 2 is 1.80 bits per heavy atom. The number of hydrogen-bond donors (Lipinski definition) is 1. The van der Waals surface area contributed by atoms with E-state index in [-0.39, 0.29) is 11.3 Å². The van der Waals surface area contributed by atoms with Crippen LogP contribution in [0.25, 0.3) is 0 Å². The highest BCUT2D eigenvalue weighted by Gasteiger charge is 2.14. The van der Waals surface area contributed by atoms with Crippen molar-refractivity contribution in [2.45, 2.75) is 53.9 Å². The van der Waals surface area contributed by atoms with Gasteiger partial charge in [0, 0.05) is 18.9 Å². The molecule has 0 spiro atoms. The van der Waals surface area contributed by atoms with E-state index in [9.17, 15) is 9.59 Å². The van der Waals surface area contributed by atoms with E-state index in [2.05, 4.69) is 5.32 Å². The fourth-order valence-corrected chi connectivity index (χ4v) is 1.03. The van der Waals surface area contributed by atoms with Gasteiger partial charge in [0.15, 0.2) is 0 Å². The van der Waals surface area contributed by atoms with Crippen LogP contribution in [0.5, 0.6) is 0 Å². The molecule has 0 aliphatic rings. The van der Waals surface area contributed by atoms with Gasteiger partial charge in [-0.1, -0.05) is 34.1 Å². The Kier molecular flexibility index (Phi) is 10.7. The second-order valence-corrected chi connectivity index (χ2v) is 4.05. The smallest absolute Gasteiger partial charge is 0.216 e. The first-order valence-corrected chi connectivity index (χ1v) is 5.69. The van der Waals surface area contributed by atoms with E-state index in [1.165, 1.54) is 6.92 Å². The van der Waals surface area contributed by atoms with Crippen LogP contribution < -0.4 is 5.32 Å². The molecule has 0 rings (SSSR count). The lowest BCUT2D eigenvalue weighted by Gasteiger charge is -2.15. The molecule has 0 aromatic heterocycles. The molecule has 0 aliphatic carbocycles. The second-order valence-electron chi connectivity index (χ2n) is 4.05. The number of aldehydes is 1. The summed E-state index contributed by atoms with van der Waals surface area (Å²) in [5.41, 5.74) is -0.212. The number of carbonyl (C=O) groups is 2. The van der Waals surface area contributed by atoms with Gasteiger partial charge < -0.3 is 10.1 Å². The quantitative estimate of drug-likeness (QED) is 0.546. The Morgan fingerprint density at radius 1 is 1.27 bits per heavy atom. The molecule has 0 bridgehead atoms. The highest BCUT2D eigenvalue weighted by Crippen LogP contribution is 2.19. The molecule has 15 heavy (non-hydrogen) atoms. The average Bonchev–Trinajstić information content (AvgIpc) is 2.20. The molecule has 0 unspecified atom stereocenters. The molecule has 0 atom stereocenters. The summed E-state index contributed by atoms with van der Waals surface area (Å²) >= 11 is 0. The first-order valence-electron chi connectivity index (χ1n) is 5.69. The van der Waals surface area contributed by atoms with Crippen LogP contribution in [0.15, 0.2) is 0 Å². The Hall–Kier alpha value is -0.860. The monoisotopic (exact) mass is 215 g/mol. The van der Waals surface area contributed by atoms with Crippen molar-refractivity contribution in [2.75, 3.05) is 6.54 Å². The third kappa shape index (κ3) is 13.1. The molecular weight excluding hydrogens is 190 g/mol. The van der Waals surface area contributed by atoms with Gasteiger partial charge in [-0.2, -0.15) is 0 Å². The molecule has 0 radical (unpaired) electrons. The molecule has 0 aromatic carbocycles. The zero-order valence-corrected chi connectivity index (χ0v) is 10.7. The fourth-order valence-electron chi connectivity index (χ4n) is 1.03. The molecule has 1 amide bonds. The van der Waals surface area contributed by atoms with Crippen molar-refractivity contribution in [3.8, 4) is 0 Å². The van der Waals surface area contributed by atoms with Crippen LogP contribution in [0, 0.1) is 5.41 Å². The molecule has 0 heterocycles. The highest BCUT2D eigenvalue weighted by atomic mass is 16.1. The van der Waals surface area contributed by atoms with E-state index in [1.807, 2.05) is 27.7 Å². The van der Waals surface area contributed by atoms with Crippen molar-refractivity contribution in [1.29, 1.82) is 0 Å². The predicted molar refractivity (Wildman–Crippen MR) is 63.7 cm³/mol. The number of rotatable bonds is 6. The van der Waals surface area contributed by atoms with Crippen LogP contribution in [0.4, 0.5) is 0 Å². The molecule has 90 valence electrons. The Labute approximate surface area is 93.6 Å². The zero-order chi connectivity index (χ0) is 12.3. The lowest BCUT2D eigenvalue weighted by Crippen LogP contribution is -2.21. The summed E-state index contributed by atoms with van der Waals surface area (Å²) in [6.45, 7) is 10.1. The van der Waals surface area contributed by atoms with Gasteiger partial charge in [-0.15, -0.1) is 0 Å². The van der Waals surface area contributed by atoms with Crippen LogP contribution in [0.2, 0.25) is 0 Å². The van der Waals surface area contributed by atoms with Gasteiger partial charge in [-0.05, 0) is 12.8 Å². The third-order valence-electron chi connectivity index (χ3n) is 1.94. The minimum Gasteiger partial charge on any atom is -0.356 e. The van der Waals surface area contributed by atoms with E-state index in [0.717, 1.165) is 25.5 Å². The predicted octanol–water partition coefficient (Wildman–Crippen LogP) is 2.54. The van der Waals surface area contributed by atoms with Gasteiger partial charge >= 0.3 is 0 Å². The second kappa shape index (κ2) is 9.69. The molecule has 3 nitrogen and oxygen atoms in total. The van der Waals surface area contributed by atoms with Crippen molar-refractivity contribution in [3.05, 3.63) is 0 Å². The maximum Gasteiger partial charge on any atom is 0.216 e. The zero-order valence-electron chi connectivity index (χ0n) is 10.7. The van der Waals surface area contributed by atoms with Gasteiger partial charge in [-0.25, -0.2) is 0 Å². The van der Waals surface area contributed by atoms with Crippen LogP contribution in [-0.2, 0) is 9.59 Å². The number of nitrogens with one attached hydrogen (secondary N) is 1. The van der Waals surface area contributed by atoms with E-state index in [4.69, 9.17) is 0 Å². The summed E-state index contributed by atoms with van der Waals surface area (Å²) < 4.78 is 0. The Bertz CT molecular complexity index is 176. The van der Waals surface area contributed by atoms with Crippen LogP contribution in [-0.4, -0.2) is 18.7 Å². The van der Waals surface area contributed by atoms with Crippen LogP contribution >= 0.6 is 0 Å². The topological polar surface area (TPSA) is 46.2 Å². The molecule has 0 aromatic rings. The maximum absolute atomic E-state index is 10.5. The standard InChI is InChI=1S/C10H19NO2.C2H6/c1-9(13)11-7-5-4-6-10(2,3)8-12;1-2/h8H,4-7H2,1-3H3,(H,11,13);1-2H3. The van der Waals surface area contributed by atoms with Crippen LogP contribution in [0.1, 0.15) is 53.9 Å². The number of unbranched alkanes of at least 4 members (excludes halogenated alkanes) is 1. The molecule has 0 fully saturated rings. The lowest BCUT2D eigenvalue weighted by atomic mass is 9.89. The highest BCUT2D eigenvalue weighted by molar-refractivity contribution is 5.72. The Morgan fingerprint density at radius 3 is 2.20 bits per heavy atom. The van der Waals surface area contributed by atoms with Gasteiger partial charge in [0.25, 0.3) is 0 Å². The van der Waals surface area contributed by atoms with Crippen molar-refractivity contribution in [1.82, 2.24) is 5.32 Å². The van der Waals surface area contributed by atoms with Gasteiger partial charge in [0.2, 0.25) is 5.91 Å². The van der Waals surface area contributed by atoms with E-state index < -0.39 is 0 Å². The van der Waals surface area contributed by atoms with Crippen molar-refractivity contribution >= 4 is 12.2 Å². The molecular formula is C12H25NO2. The first-order chi connectivity index (χ1) is 6.98. The largest absolute Gasteiger partial charge is 0.356 e. The molecule has 3 heteroatoms. The van der Waals surface area contributed by atoms with E-state index in [1.54, 1.807) is 0 Å². The summed E-state index contributed by atoms with van der Waals surface area (Å²) in [6, 6.07) is 0.